The van der Waals surface area contributed by atoms with Gasteiger partial charge in [-0.05, 0) is 49.1 Å². The standard InChI is InChI=1S/C27H26F3N5O3S.2ClH/c1-12-8-17(27(28,29)30)34-21(18(12)23(36)33-13-4-6-31-10-13)15-5-7-32-16-9-14(39-22(15)16)11-35-24(37)19-20(25(35)38)26(19,2)3;;/h5,7-9,13,19-20,31H,4,6,10-11H2,1-3H3,(H,33,36);2*1H/t13-,19?,20?;;/m0../s1. The van der Waals surface area contributed by atoms with E-state index >= 15 is 0 Å². The largest absolute Gasteiger partial charge is 0.433 e. The van der Waals surface area contributed by atoms with Gasteiger partial charge in [0.25, 0.3) is 5.91 Å². The van der Waals surface area contributed by atoms with Crippen LogP contribution in [0.25, 0.3) is 21.5 Å². The molecule has 3 aliphatic rings. The summed E-state index contributed by atoms with van der Waals surface area (Å²) in [4.78, 5) is 49.3. The second-order valence-electron chi connectivity index (χ2n) is 11.0. The predicted octanol–water partition coefficient (Wildman–Crippen LogP) is 4.76. The Bertz CT molecular complexity index is 1530. The minimum atomic E-state index is -4.71. The maximum atomic E-state index is 13.8. The molecule has 2 N–H and O–H groups in total. The molecule has 0 radical (unpaired) electrons. The summed E-state index contributed by atoms with van der Waals surface area (Å²) in [5.74, 6) is -1.50. The van der Waals surface area contributed by atoms with Crippen molar-refractivity contribution in [3.05, 3.63) is 46.1 Å². The molecule has 5 heterocycles. The summed E-state index contributed by atoms with van der Waals surface area (Å²) in [6.45, 7) is 6.68. The maximum absolute atomic E-state index is 13.8. The first-order valence-corrected chi connectivity index (χ1v) is 13.5. The second-order valence-corrected chi connectivity index (χ2v) is 12.2. The quantitative estimate of drug-likeness (QED) is 0.394. The average Bonchev–Trinajstić information content (AvgIpc) is 3.30. The molecule has 41 heavy (non-hydrogen) atoms. The fraction of sp³-hybridized carbons (Fsp3) is 0.444. The molecule has 1 aliphatic carbocycles. The van der Waals surface area contributed by atoms with E-state index in [-0.39, 0.29) is 83.3 Å². The van der Waals surface area contributed by atoms with Crippen LogP contribution in [0.3, 0.4) is 0 Å². The number of rotatable bonds is 5. The number of fused-ring (bicyclic) bond motifs is 2. The second kappa shape index (κ2) is 10.8. The number of hydrogen-bond donors (Lipinski definition) is 2. The van der Waals surface area contributed by atoms with Crippen molar-refractivity contribution in [3.8, 4) is 11.3 Å². The van der Waals surface area contributed by atoms with Gasteiger partial charge in [-0.2, -0.15) is 13.2 Å². The van der Waals surface area contributed by atoms with Crippen LogP contribution < -0.4 is 10.6 Å². The molecule has 2 saturated heterocycles. The Morgan fingerprint density at radius 2 is 1.88 bits per heavy atom. The number of carbonyl (C=O) groups excluding carboxylic acids is 3. The maximum Gasteiger partial charge on any atom is 0.433 e. The van der Waals surface area contributed by atoms with Gasteiger partial charge in [-0.1, -0.05) is 13.8 Å². The lowest BCUT2D eigenvalue weighted by Crippen LogP contribution is -2.37. The molecular weight excluding hydrogens is 602 g/mol. The van der Waals surface area contributed by atoms with Crippen LogP contribution in [0.1, 0.15) is 46.8 Å². The zero-order chi connectivity index (χ0) is 27.9. The number of piperidine rings is 1. The van der Waals surface area contributed by atoms with Crippen LogP contribution in [-0.4, -0.2) is 51.7 Å². The van der Waals surface area contributed by atoms with Crippen LogP contribution in [0.5, 0.6) is 0 Å². The van der Waals surface area contributed by atoms with Crippen molar-refractivity contribution >= 4 is 64.1 Å². The predicted molar refractivity (Wildman–Crippen MR) is 152 cm³/mol. The van der Waals surface area contributed by atoms with Gasteiger partial charge in [0.1, 0.15) is 5.69 Å². The van der Waals surface area contributed by atoms with Crippen molar-refractivity contribution in [2.45, 2.75) is 46.0 Å². The number of aromatic nitrogens is 2. The fourth-order valence-corrected chi connectivity index (χ4v) is 7.02. The molecule has 3 amide bonds. The van der Waals surface area contributed by atoms with E-state index in [0.717, 1.165) is 19.0 Å². The molecular formula is C27H28Cl2F3N5O3S. The highest BCUT2D eigenvalue weighted by molar-refractivity contribution is 7.19. The van der Waals surface area contributed by atoms with E-state index in [2.05, 4.69) is 20.6 Å². The van der Waals surface area contributed by atoms with E-state index in [1.807, 2.05) is 13.8 Å². The van der Waals surface area contributed by atoms with E-state index < -0.39 is 17.8 Å². The lowest BCUT2D eigenvalue weighted by atomic mass is 9.99. The molecule has 8 nitrogen and oxygen atoms in total. The van der Waals surface area contributed by atoms with Crippen molar-refractivity contribution in [3.63, 3.8) is 0 Å². The zero-order valence-electron chi connectivity index (χ0n) is 22.3. The van der Waals surface area contributed by atoms with Crippen molar-refractivity contribution in [2.75, 3.05) is 13.1 Å². The molecule has 0 aromatic carbocycles. The van der Waals surface area contributed by atoms with Crippen LogP contribution in [0.15, 0.2) is 24.4 Å². The fourth-order valence-electron chi connectivity index (χ4n) is 5.90. The van der Waals surface area contributed by atoms with Gasteiger partial charge in [0.2, 0.25) is 11.8 Å². The molecule has 2 unspecified atom stereocenters. The Hall–Kier alpha value is -2.80. The third-order valence-corrected chi connectivity index (χ3v) is 9.20. The molecule has 3 aromatic rings. The van der Waals surface area contributed by atoms with Crippen molar-refractivity contribution < 1.29 is 27.6 Å². The van der Waals surface area contributed by atoms with Gasteiger partial charge in [-0.15, -0.1) is 36.2 Å². The normalized spacial score (nSPS) is 22.8. The smallest absolute Gasteiger partial charge is 0.348 e. The lowest BCUT2D eigenvalue weighted by molar-refractivity contribution is -0.144. The van der Waals surface area contributed by atoms with E-state index in [9.17, 15) is 27.6 Å². The number of halogens is 5. The Balaban J connectivity index is 0.00000194. The number of carbonyl (C=O) groups is 3. The van der Waals surface area contributed by atoms with Gasteiger partial charge in [-0.3, -0.25) is 24.3 Å². The number of alkyl halides is 3. The molecule has 3 atom stereocenters. The van der Waals surface area contributed by atoms with Crippen molar-refractivity contribution in [2.24, 2.45) is 17.3 Å². The monoisotopic (exact) mass is 629 g/mol. The number of amides is 3. The number of nitrogens with one attached hydrogen (secondary N) is 2. The van der Waals surface area contributed by atoms with Crippen LogP contribution in [-0.2, 0) is 22.3 Å². The summed E-state index contributed by atoms with van der Waals surface area (Å²) in [5.41, 5.74) is -0.437. The van der Waals surface area contributed by atoms with Crippen LogP contribution >= 0.6 is 36.2 Å². The molecule has 14 heteroatoms. The van der Waals surface area contributed by atoms with E-state index in [1.165, 1.54) is 29.4 Å². The first-order chi connectivity index (χ1) is 18.4. The topological polar surface area (TPSA) is 104 Å². The van der Waals surface area contributed by atoms with E-state index in [1.54, 1.807) is 12.1 Å². The number of hydrogen-bond acceptors (Lipinski definition) is 7. The van der Waals surface area contributed by atoms with Crippen molar-refractivity contribution in [1.82, 2.24) is 25.5 Å². The SMILES string of the molecule is Cc1cc(C(F)(F)F)nc(-c2ccnc3cc(CN4C(=O)C5C(C4=O)C5(C)C)sc23)c1C(=O)N[C@H]1CCNC1.Cl.Cl. The summed E-state index contributed by atoms with van der Waals surface area (Å²) in [5, 5.41) is 6.07. The highest BCUT2D eigenvalue weighted by Gasteiger charge is 2.72. The lowest BCUT2D eigenvalue weighted by Gasteiger charge is -2.19. The first-order valence-electron chi connectivity index (χ1n) is 12.7. The molecule has 6 rings (SSSR count). The summed E-state index contributed by atoms with van der Waals surface area (Å²) < 4.78 is 41.9. The minimum absolute atomic E-state index is 0. The molecule has 0 spiro atoms. The first kappa shape index (κ1) is 31.1. The van der Waals surface area contributed by atoms with E-state index in [4.69, 9.17) is 0 Å². The van der Waals surface area contributed by atoms with Crippen molar-refractivity contribution in [1.29, 1.82) is 0 Å². The van der Waals surface area contributed by atoms with Crippen LogP contribution in [0, 0.1) is 24.2 Å². The Morgan fingerprint density at radius 3 is 2.49 bits per heavy atom. The van der Waals surface area contributed by atoms with Gasteiger partial charge < -0.3 is 10.6 Å². The Labute approximate surface area is 250 Å². The highest BCUT2D eigenvalue weighted by Crippen LogP contribution is 2.63. The molecule has 2 aliphatic heterocycles. The average molecular weight is 631 g/mol. The number of thiophene rings is 1. The third kappa shape index (κ3) is 5.19. The third-order valence-electron chi connectivity index (χ3n) is 8.05. The van der Waals surface area contributed by atoms with Crippen LogP contribution in [0.4, 0.5) is 13.2 Å². The van der Waals surface area contributed by atoms with Gasteiger partial charge in [-0.25, -0.2) is 4.98 Å². The van der Waals surface area contributed by atoms with Gasteiger partial charge in [0.05, 0.1) is 39.9 Å². The number of likely N-dealkylation sites (tertiary alicyclic amines) is 1. The summed E-state index contributed by atoms with van der Waals surface area (Å²) >= 11 is 1.23. The Morgan fingerprint density at radius 1 is 1.20 bits per heavy atom. The Kier molecular flexibility index (Phi) is 8.20. The van der Waals surface area contributed by atoms with Crippen LogP contribution in [0.2, 0.25) is 0 Å². The van der Waals surface area contributed by atoms with E-state index in [0.29, 0.717) is 27.2 Å². The highest BCUT2D eigenvalue weighted by atomic mass is 35.5. The summed E-state index contributed by atoms with van der Waals surface area (Å²) in [7, 11) is 0. The van der Waals surface area contributed by atoms with Gasteiger partial charge >= 0.3 is 6.18 Å². The van der Waals surface area contributed by atoms with Gasteiger partial charge in [0.15, 0.2) is 0 Å². The number of nitrogens with zero attached hydrogens (tertiary/aromatic N) is 3. The molecule has 1 saturated carbocycles. The molecule has 3 fully saturated rings. The number of pyridine rings is 2. The zero-order valence-corrected chi connectivity index (χ0v) is 24.7. The molecule has 0 bridgehead atoms. The van der Waals surface area contributed by atoms with Gasteiger partial charge in [0, 0.05) is 29.2 Å². The molecule has 220 valence electrons. The molecule has 3 aromatic heterocycles. The summed E-state index contributed by atoms with van der Waals surface area (Å²) in [6.07, 6.45) is -2.53. The minimum Gasteiger partial charge on any atom is -0.348 e. The summed E-state index contributed by atoms with van der Waals surface area (Å²) in [6, 6.07) is 4.02. The number of aryl methyl sites for hydroxylation is 1. The number of imide groups is 1.